The fraction of sp³-hybridized carbons (Fsp3) is 0.222. The summed E-state index contributed by atoms with van der Waals surface area (Å²) < 4.78 is 0. The smallest absolute Gasteiger partial charge is 0.256 e. The molecule has 0 unspecified atom stereocenters. The third-order valence-electron chi connectivity index (χ3n) is 4.27. The Hall–Kier alpha value is -3.02. The molecule has 6 nitrogen and oxygen atoms in total. The number of rotatable bonds is 4. The zero-order valence-corrected chi connectivity index (χ0v) is 13.6. The van der Waals surface area contributed by atoms with Gasteiger partial charge in [0.1, 0.15) is 5.75 Å². The zero-order chi connectivity index (χ0) is 17.3. The van der Waals surface area contributed by atoms with Crippen LogP contribution in [0.1, 0.15) is 44.5 Å². The van der Waals surface area contributed by atoms with Gasteiger partial charge in [0, 0.05) is 31.6 Å². The van der Waals surface area contributed by atoms with Gasteiger partial charge >= 0.3 is 0 Å². The van der Waals surface area contributed by atoms with Crippen LogP contribution in [-0.2, 0) is 13.1 Å². The van der Waals surface area contributed by atoms with Crippen molar-refractivity contribution in [1.29, 1.82) is 0 Å². The van der Waals surface area contributed by atoms with Gasteiger partial charge in [-0.15, -0.1) is 0 Å². The van der Waals surface area contributed by atoms with Crippen molar-refractivity contribution in [3.05, 3.63) is 58.5 Å². The van der Waals surface area contributed by atoms with Crippen LogP contribution in [0.3, 0.4) is 0 Å². The molecule has 0 aliphatic carbocycles. The van der Waals surface area contributed by atoms with E-state index < -0.39 is 0 Å². The molecule has 1 aliphatic heterocycles. The predicted molar refractivity (Wildman–Crippen MR) is 90.6 cm³/mol. The Morgan fingerprint density at radius 1 is 1.38 bits per heavy atom. The summed E-state index contributed by atoms with van der Waals surface area (Å²) >= 11 is 0. The maximum Gasteiger partial charge on any atom is 0.256 e. The van der Waals surface area contributed by atoms with E-state index in [1.165, 1.54) is 0 Å². The predicted octanol–water partition coefficient (Wildman–Crippen LogP) is 2.27. The van der Waals surface area contributed by atoms with Crippen molar-refractivity contribution in [1.82, 2.24) is 15.2 Å². The summed E-state index contributed by atoms with van der Waals surface area (Å²) in [6.07, 6.45) is 4.03. The SMILES string of the molecule is CN/C=C(/C)c1[nH]cc(C(=O)N2Cc3cccc(O)c3C2)c1C=O. The first-order valence-electron chi connectivity index (χ1n) is 7.66. The number of fused-ring (bicyclic) bond motifs is 1. The number of phenolic OH excluding ortho intramolecular Hbond substituents is 1. The number of aromatic hydroxyl groups is 1. The minimum absolute atomic E-state index is 0.195. The molecule has 124 valence electrons. The highest BCUT2D eigenvalue weighted by atomic mass is 16.3. The molecule has 0 saturated carbocycles. The highest BCUT2D eigenvalue weighted by Crippen LogP contribution is 2.31. The van der Waals surface area contributed by atoms with Gasteiger partial charge < -0.3 is 20.3 Å². The second kappa shape index (κ2) is 6.23. The Balaban J connectivity index is 1.91. The van der Waals surface area contributed by atoms with Gasteiger partial charge in [0.25, 0.3) is 5.91 Å². The van der Waals surface area contributed by atoms with Crippen molar-refractivity contribution in [2.75, 3.05) is 7.05 Å². The first-order chi connectivity index (χ1) is 11.6. The second-order valence-electron chi connectivity index (χ2n) is 5.80. The number of amides is 1. The van der Waals surface area contributed by atoms with E-state index in [9.17, 15) is 14.7 Å². The van der Waals surface area contributed by atoms with E-state index in [0.29, 0.717) is 36.2 Å². The maximum absolute atomic E-state index is 12.8. The van der Waals surface area contributed by atoms with Crippen molar-refractivity contribution < 1.29 is 14.7 Å². The number of aldehydes is 1. The summed E-state index contributed by atoms with van der Waals surface area (Å²) in [4.78, 5) is 29.0. The molecule has 6 heteroatoms. The number of carbonyl (C=O) groups is 2. The molecule has 24 heavy (non-hydrogen) atoms. The van der Waals surface area contributed by atoms with Gasteiger partial charge in [-0.3, -0.25) is 9.59 Å². The van der Waals surface area contributed by atoms with Crippen LogP contribution in [-0.4, -0.2) is 34.2 Å². The minimum Gasteiger partial charge on any atom is -0.508 e. The number of nitrogens with zero attached hydrogens (tertiary/aromatic N) is 1. The lowest BCUT2D eigenvalue weighted by Crippen LogP contribution is -2.25. The molecule has 1 aromatic carbocycles. The van der Waals surface area contributed by atoms with Gasteiger partial charge in [0.15, 0.2) is 6.29 Å². The second-order valence-corrected chi connectivity index (χ2v) is 5.80. The summed E-state index contributed by atoms with van der Waals surface area (Å²) in [6.45, 7) is 2.62. The number of allylic oxidation sites excluding steroid dienone is 1. The highest BCUT2D eigenvalue weighted by Gasteiger charge is 2.29. The molecule has 3 N–H and O–H groups in total. The van der Waals surface area contributed by atoms with Gasteiger partial charge in [-0.1, -0.05) is 12.1 Å². The van der Waals surface area contributed by atoms with Crippen LogP contribution in [0.25, 0.3) is 5.57 Å². The molecule has 1 aliphatic rings. The molecule has 0 fully saturated rings. The normalized spacial score (nSPS) is 13.8. The summed E-state index contributed by atoms with van der Waals surface area (Å²) in [7, 11) is 1.77. The quantitative estimate of drug-likeness (QED) is 0.753. The lowest BCUT2D eigenvalue weighted by molar-refractivity contribution is 0.0748. The van der Waals surface area contributed by atoms with Crippen LogP contribution in [0, 0.1) is 0 Å². The lowest BCUT2D eigenvalue weighted by Gasteiger charge is -2.15. The topological polar surface area (TPSA) is 85.4 Å². The van der Waals surface area contributed by atoms with Crippen molar-refractivity contribution >= 4 is 17.8 Å². The monoisotopic (exact) mass is 325 g/mol. The van der Waals surface area contributed by atoms with Crippen molar-refractivity contribution in [2.45, 2.75) is 20.0 Å². The Kier molecular flexibility index (Phi) is 4.12. The molecule has 1 amide bonds. The molecule has 0 atom stereocenters. The van der Waals surface area contributed by atoms with Crippen molar-refractivity contribution in [3.63, 3.8) is 0 Å². The number of benzene rings is 1. The van der Waals surface area contributed by atoms with E-state index in [4.69, 9.17) is 0 Å². The summed E-state index contributed by atoms with van der Waals surface area (Å²) in [5.41, 5.74) is 3.85. The van der Waals surface area contributed by atoms with Crippen LogP contribution >= 0.6 is 0 Å². The molecule has 1 aromatic heterocycles. The number of H-pyrrole nitrogens is 1. The van der Waals surface area contributed by atoms with Gasteiger partial charge in [0.05, 0.1) is 23.4 Å². The Morgan fingerprint density at radius 3 is 2.83 bits per heavy atom. The Labute approximate surface area is 139 Å². The third-order valence-corrected chi connectivity index (χ3v) is 4.27. The average molecular weight is 325 g/mol. The largest absolute Gasteiger partial charge is 0.508 e. The fourth-order valence-electron chi connectivity index (χ4n) is 3.07. The molecule has 3 rings (SSSR count). The third kappa shape index (κ3) is 2.56. The van der Waals surface area contributed by atoms with Crippen LogP contribution in [0.15, 0.2) is 30.6 Å². The number of aromatic nitrogens is 1. The number of carbonyl (C=O) groups excluding carboxylic acids is 2. The fourth-order valence-corrected chi connectivity index (χ4v) is 3.07. The summed E-state index contributed by atoms with van der Waals surface area (Å²) in [5, 5.41) is 12.8. The maximum atomic E-state index is 12.8. The van der Waals surface area contributed by atoms with Crippen LogP contribution in [0.2, 0.25) is 0 Å². The van der Waals surface area contributed by atoms with E-state index in [2.05, 4.69) is 10.3 Å². The molecule has 0 bridgehead atoms. The average Bonchev–Trinajstić information content (AvgIpc) is 3.19. The molecular formula is C18H19N3O3. The number of aromatic amines is 1. The van der Waals surface area contributed by atoms with Crippen LogP contribution < -0.4 is 5.32 Å². The van der Waals surface area contributed by atoms with Crippen molar-refractivity contribution in [3.8, 4) is 5.75 Å². The van der Waals surface area contributed by atoms with Gasteiger partial charge in [-0.05, 0) is 24.1 Å². The standard InChI is InChI=1S/C18H19N3O3/c1-11(6-19-2)17-15(10-22)13(7-20-17)18(24)21-8-12-4-3-5-16(23)14(12)9-21/h3-7,10,19-20,23H,8-9H2,1-2H3/b11-6-. The number of hydrogen-bond donors (Lipinski definition) is 3. The molecular weight excluding hydrogens is 306 g/mol. The Morgan fingerprint density at radius 2 is 2.17 bits per heavy atom. The van der Waals surface area contributed by atoms with E-state index in [-0.39, 0.29) is 11.7 Å². The molecule has 2 aromatic rings. The highest BCUT2D eigenvalue weighted by molar-refractivity contribution is 6.04. The molecule has 2 heterocycles. The van der Waals surface area contributed by atoms with E-state index in [0.717, 1.165) is 16.7 Å². The van der Waals surface area contributed by atoms with Gasteiger partial charge in [0.2, 0.25) is 0 Å². The zero-order valence-electron chi connectivity index (χ0n) is 13.6. The van der Waals surface area contributed by atoms with Gasteiger partial charge in [-0.2, -0.15) is 0 Å². The summed E-state index contributed by atoms with van der Waals surface area (Å²) in [5.74, 6) is -0.0339. The molecule has 0 spiro atoms. The molecule has 0 saturated heterocycles. The lowest BCUT2D eigenvalue weighted by atomic mass is 10.1. The molecule has 0 radical (unpaired) electrons. The van der Waals surface area contributed by atoms with E-state index >= 15 is 0 Å². The van der Waals surface area contributed by atoms with Crippen LogP contribution in [0.4, 0.5) is 0 Å². The first kappa shape index (κ1) is 15.9. The number of nitrogens with one attached hydrogen (secondary N) is 2. The summed E-state index contributed by atoms with van der Waals surface area (Å²) in [6, 6.07) is 5.27. The minimum atomic E-state index is -0.229. The van der Waals surface area contributed by atoms with Crippen molar-refractivity contribution in [2.24, 2.45) is 0 Å². The van der Waals surface area contributed by atoms with Crippen LogP contribution in [0.5, 0.6) is 5.75 Å². The van der Waals surface area contributed by atoms with Gasteiger partial charge in [-0.25, -0.2) is 0 Å². The number of phenols is 1. The van der Waals surface area contributed by atoms with E-state index in [1.807, 2.05) is 13.0 Å². The first-order valence-corrected chi connectivity index (χ1v) is 7.66. The number of hydrogen-bond acceptors (Lipinski definition) is 4. The Bertz CT molecular complexity index is 836. The van der Waals surface area contributed by atoms with E-state index in [1.54, 1.807) is 36.5 Å².